The highest BCUT2D eigenvalue weighted by Gasteiger charge is 2.26. The first-order valence-corrected chi connectivity index (χ1v) is 6.03. The third-order valence-electron chi connectivity index (χ3n) is 3.31. The van der Waals surface area contributed by atoms with Gasteiger partial charge in [-0.3, -0.25) is 4.79 Å². The van der Waals surface area contributed by atoms with E-state index < -0.39 is 0 Å². The zero-order valence-corrected chi connectivity index (χ0v) is 10.1. The predicted molar refractivity (Wildman–Crippen MR) is 62.5 cm³/mol. The first-order valence-electron chi connectivity index (χ1n) is 6.03. The van der Waals surface area contributed by atoms with E-state index in [2.05, 4.69) is 13.8 Å². The minimum atomic E-state index is 0.331. The zero-order valence-electron chi connectivity index (χ0n) is 10.1. The summed E-state index contributed by atoms with van der Waals surface area (Å²) in [6.07, 6.45) is 4.94. The minimum Gasteiger partial charge on any atom is -0.343 e. The van der Waals surface area contributed by atoms with E-state index in [-0.39, 0.29) is 0 Å². The molecule has 0 saturated carbocycles. The first kappa shape index (κ1) is 12.5. The van der Waals surface area contributed by atoms with Crippen LogP contribution in [0, 0.1) is 5.41 Å². The number of hydrogen-bond acceptors (Lipinski definition) is 2. The van der Waals surface area contributed by atoms with Gasteiger partial charge in [-0.15, -0.1) is 0 Å². The summed E-state index contributed by atoms with van der Waals surface area (Å²) >= 11 is 0. The van der Waals surface area contributed by atoms with Crippen molar-refractivity contribution in [1.29, 1.82) is 0 Å². The van der Waals surface area contributed by atoms with Gasteiger partial charge in [0.25, 0.3) is 0 Å². The van der Waals surface area contributed by atoms with Crippen LogP contribution in [-0.4, -0.2) is 30.4 Å². The van der Waals surface area contributed by atoms with Gasteiger partial charge < -0.3 is 10.6 Å². The largest absolute Gasteiger partial charge is 0.343 e. The van der Waals surface area contributed by atoms with Gasteiger partial charge in [-0.25, -0.2) is 0 Å². The minimum absolute atomic E-state index is 0.331. The second kappa shape index (κ2) is 5.50. The number of carbonyl (C=O) groups excluding carboxylic acids is 1. The lowest BCUT2D eigenvalue weighted by molar-refractivity contribution is -0.130. The molecule has 1 fully saturated rings. The van der Waals surface area contributed by atoms with E-state index in [0.717, 1.165) is 51.7 Å². The number of hydrogen-bond donors (Lipinski definition) is 1. The van der Waals surface area contributed by atoms with Crippen molar-refractivity contribution in [1.82, 2.24) is 4.90 Å². The molecule has 1 saturated heterocycles. The van der Waals surface area contributed by atoms with Crippen LogP contribution in [0.4, 0.5) is 0 Å². The van der Waals surface area contributed by atoms with Gasteiger partial charge in [-0.1, -0.05) is 13.8 Å². The first-order chi connectivity index (χ1) is 7.05. The molecular weight excluding hydrogens is 188 g/mol. The van der Waals surface area contributed by atoms with Crippen LogP contribution in [-0.2, 0) is 4.79 Å². The van der Waals surface area contributed by atoms with E-state index in [1.54, 1.807) is 0 Å². The summed E-state index contributed by atoms with van der Waals surface area (Å²) in [7, 11) is 0. The van der Waals surface area contributed by atoms with Gasteiger partial charge in [-0.2, -0.15) is 0 Å². The van der Waals surface area contributed by atoms with Crippen molar-refractivity contribution >= 4 is 5.91 Å². The van der Waals surface area contributed by atoms with Gasteiger partial charge in [0.1, 0.15) is 0 Å². The van der Waals surface area contributed by atoms with Gasteiger partial charge in [-0.05, 0) is 37.6 Å². The Hall–Kier alpha value is -0.570. The molecule has 1 heterocycles. The number of nitrogens with zero attached hydrogens (tertiary/aromatic N) is 1. The zero-order chi connectivity index (χ0) is 11.3. The van der Waals surface area contributed by atoms with E-state index in [1.165, 1.54) is 0 Å². The van der Waals surface area contributed by atoms with Crippen molar-refractivity contribution in [3.05, 3.63) is 0 Å². The molecule has 0 radical (unpaired) electrons. The van der Waals surface area contributed by atoms with E-state index in [4.69, 9.17) is 5.73 Å². The van der Waals surface area contributed by atoms with E-state index in [0.29, 0.717) is 11.3 Å². The number of nitrogens with two attached hydrogens (primary N) is 1. The molecule has 0 aromatic carbocycles. The summed E-state index contributed by atoms with van der Waals surface area (Å²) in [5.41, 5.74) is 5.78. The third-order valence-corrected chi connectivity index (χ3v) is 3.31. The van der Waals surface area contributed by atoms with Crippen molar-refractivity contribution in [2.75, 3.05) is 19.6 Å². The quantitative estimate of drug-likeness (QED) is 0.722. The Labute approximate surface area is 93.0 Å². The summed E-state index contributed by atoms with van der Waals surface area (Å²) in [4.78, 5) is 13.8. The average molecular weight is 212 g/mol. The SMILES string of the molecule is CC1(C)CCC(=O)N(CCCCN)CC1. The topological polar surface area (TPSA) is 46.3 Å². The summed E-state index contributed by atoms with van der Waals surface area (Å²) in [6, 6.07) is 0. The van der Waals surface area contributed by atoms with Crippen LogP contribution < -0.4 is 5.73 Å². The van der Waals surface area contributed by atoms with E-state index in [9.17, 15) is 4.79 Å². The molecule has 0 aromatic heterocycles. The molecule has 0 aliphatic carbocycles. The Bertz CT molecular complexity index is 214. The van der Waals surface area contributed by atoms with E-state index >= 15 is 0 Å². The second-order valence-corrected chi connectivity index (χ2v) is 5.29. The van der Waals surface area contributed by atoms with Crippen molar-refractivity contribution < 1.29 is 4.79 Å². The summed E-state index contributed by atoms with van der Waals surface area (Å²) in [6.45, 7) is 7.06. The maximum atomic E-state index is 11.8. The van der Waals surface area contributed by atoms with Gasteiger partial charge in [0.05, 0.1) is 0 Å². The van der Waals surface area contributed by atoms with Crippen LogP contribution in [0.25, 0.3) is 0 Å². The number of unbranched alkanes of at least 4 members (excludes halogenated alkanes) is 1. The molecule has 88 valence electrons. The van der Waals surface area contributed by atoms with Crippen LogP contribution in [0.5, 0.6) is 0 Å². The fourth-order valence-corrected chi connectivity index (χ4v) is 1.97. The molecule has 0 unspecified atom stereocenters. The normalized spacial score (nSPS) is 21.5. The van der Waals surface area contributed by atoms with Crippen molar-refractivity contribution in [3.63, 3.8) is 0 Å². The molecule has 0 bridgehead atoms. The molecular formula is C12H24N2O. The Kier molecular flexibility index (Phi) is 4.58. The molecule has 3 heteroatoms. The number of rotatable bonds is 4. The predicted octanol–water partition coefficient (Wildman–Crippen LogP) is 1.76. The lowest BCUT2D eigenvalue weighted by Crippen LogP contribution is -2.31. The standard InChI is InChI=1S/C12H24N2O/c1-12(2)6-5-11(15)14(10-7-12)9-4-3-8-13/h3-10,13H2,1-2H3. The number of likely N-dealkylation sites (tertiary alicyclic amines) is 1. The van der Waals surface area contributed by atoms with Gasteiger partial charge >= 0.3 is 0 Å². The number of carbonyl (C=O) groups is 1. The monoisotopic (exact) mass is 212 g/mol. The Morgan fingerprint density at radius 1 is 1.33 bits per heavy atom. The van der Waals surface area contributed by atoms with Crippen molar-refractivity contribution in [2.24, 2.45) is 11.1 Å². The molecule has 1 rings (SSSR count). The Morgan fingerprint density at radius 3 is 2.73 bits per heavy atom. The van der Waals surface area contributed by atoms with Crippen LogP contribution in [0.15, 0.2) is 0 Å². The maximum Gasteiger partial charge on any atom is 0.222 e. The highest BCUT2D eigenvalue weighted by Crippen LogP contribution is 2.30. The fourth-order valence-electron chi connectivity index (χ4n) is 1.97. The highest BCUT2D eigenvalue weighted by molar-refractivity contribution is 5.76. The van der Waals surface area contributed by atoms with Crippen molar-refractivity contribution in [2.45, 2.75) is 46.0 Å². The molecule has 0 aromatic rings. The lowest BCUT2D eigenvalue weighted by atomic mass is 9.85. The second-order valence-electron chi connectivity index (χ2n) is 5.29. The van der Waals surface area contributed by atoms with Crippen LogP contribution in [0.3, 0.4) is 0 Å². The fraction of sp³-hybridized carbons (Fsp3) is 0.917. The van der Waals surface area contributed by atoms with Crippen molar-refractivity contribution in [3.8, 4) is 0 Å². The lowest BCUT2D eigenvalue weighted by Gasteiger charge is -2.23. The summed E-state index contributed by atoms with van der Waals surface area (Å²) in [5.74, 6) is 0.331. The number of amides is 1. The molecule has 0 spiro atoms. The molecule has 2 N–H and O–H groups in total. The maximum absolute atomic E-state index is 11.8. The van der Waals surface area contributed by atoms with Crippen LogP contribution in [0.1, 0.15) is 46.0 Å². The molecule has 3 nitrogen and oxygen atoms in total. The highest BCUT2D eigenvalue weighted by atomic mass is 16.2. The van der Waals surface area contributed by atoms with Crippen LogP contribution >= 0.6 is 0 Å². The third kappa shape index (κ3) is 4.20. The van der Waals surface area contributed by atoms with Gasteiger partial charge in [0.15, 0.2) is 0 Å². The molecule has 15 heavy (non-hydrogen) atoms. The summed E-state index contributed by atoms with van der Waals surface area (Å²) in [5, 5.41) is 0. The Balaban J connectivity index is 2.40. The van der Waals surface area contributed by atoms with Gasteiger partial charge in [0.2, 0.25) is 5.91 Å². The smallest absolute Gasteiger partial charge is 0.222 e. The van der Waals surface area contributed by atoms with Gasteiger partial charge in [0, 0.05) is 19.5 Å². The molecule has 1 aliphatic rings. The summed E-state index contributed by atoms with van der Waals surface area (Å²) < 4.78 is 0. The molecule has 1 amide bonds. The molecule has 1 aliphatic heterocycles. The molecule has 0 atom stereocenters. The Morgan fingerprint density at radius 2 is 2.07 bits per heavy atom. The van der Waals surface area contributed by atoms with Crippen LogP contribution in [0.2, 0.25) is 0 Å². The van der Waals surface area contributed by atoms with E-state index in [1.807, 2.05) is 4.90 Å². The average Bonchev–Trinajstić information content (AvgIpc) is 2.31.